The van der Waals surface area contributed by atoms with Crippen molar-refractivity contribution in [3.8, 4) is 5.75 Å². The second kappa shape index (κ2) is 6.77. The van der Waals surface area contributed by atoms with E-state index in [1.807, 2.05) is 12.1 Å². The molecule has 1 aromatic heterocycles. The van der Waals surface area contributed by atoms with Crippen molar-refractivity contribution in [1.29, 1.82) is 0 Å². The van der Waals surface area contributed by atoms with Gasteiger partial charge in [0, 0.05) is 37.1 Å². The Balaban J connectivity index is 1.76. The molecule has 4 nitrogen and oxygen atoms in total. The minimum Gasteiger partial charge on any atom is -0.496 e. The van der Waals surface area contributed by atoms with Gasteiger partial charge in [0.25, 0.3) is 0 Å². The Kier molecular flexibility index (Phi) is 4.76. The molecule has 1 aliphatic rings. The molecule has 0 N–H and O–H groups in total. The number of benzene rings is 1. The van der Waals surface area contributed by atoms with E-state index < -0.39 is 0 Å². The van der Waals surface area contributed by atoms with Crippen molar-refractivity contribution in [3.63, 3.8) is 0 Å². The normalized spacial score (nSPS) is 20.2. The van der Waals surface area contributed by atoms with Crippen LogP contribution in [0.1, 0.15) is 22.3 Å². The highest BCUT2D eigenvalue weighted by Crippen LogP contribution is 2.31. The van der Waals surface area contributed by atoms with Crippen LogP contribution in [-0.4, -0.2) is 48.6 Å². The minimum atomic E-state index is 0.365. The number of rotatable bonds is 4. The summed E-state index contributed by atoms with van der Waals surface area (Å²) in [5, 5.41) is 3.32. The van der Waals surface area contributed by atoms with Crippen molar-refractivity contribution < 1.29 is 4.74 Å². The maximum Gasteiger partial charge on any atom is 0.123 e. The summed E-state index contributed by atoms with van der Waals surface area (Å²) in [6.07, 6.45) is 0. The van der Waals surface area contributed by atoms with E-state index in [9.17, 15) is 0 Å². The molecule has 1 fully saturated rings. The monoisotopic (exact) mass is 317 g/mol. The summed E-state index contributed by atoms with van der Waals surface area (Å²) in [6.45, 7) is 6.15. The first-order chi connectivity index (χ1) is 10.7. The van der Waals surface area contributed by atoms with E-state index in [2.05, 4.69) is 46.3 Å². The van der Waals surface area contributed by atoms with Crippen LogP contribution in [0.5, 0.6) is 5.75 Å². The Morgan fingerprint density at radius 2 is 2.14 bits per heavy atom. The molecule has 1 saturated heterocycles. The molecule has 0 saturated carbocycles. The van der Waals surface area contributed by atoms with Gasteiger partial charge in [0.15, 0.2) is 0 Å². The van der Waals surface area contributed by atoms with Gasteiger partial charge in [-0.25, -0.2) is 4.98 Å². The summed E-state index contributed by atoms with van der Waals surface area (Å²) < 4.78 is 5.55. The maximum absolute atomic E-state index is 5.55. The summed E-state index contributed by atoms with van der Waals surface area (Å²) >= 11 is 1.73. The molecule has 1 atom stereocenters. The first-order valence-electron chi connectivity index (χ1n) is 7.64. The van der Waals surface area contributed by atoms with E-state index >= 15 is 0 Å². The fourth-order valence-corrected chi connectivity index (χ4v) is 3.67. The van der Waals surface area contributed by atoms with Crippen LogP contribution in [0, 0.1) is 6.92 Å². The number of hydrogen-bond donors (Lipinski definition) is 0. The van der Waals surface area contributed by atoms with Crippen LogP contribution in [0.15, 0.2) is 29.6 Å². The van der Waals surface area contributed by atoms with Gasteiger partial charge in [-0.1, -0.05) is 18.2 Å². The van der Waals surface area contributed by atoms with Crippen LogP contribution >= 0.6 is 11.3 Å². The Labute approximate surface area is 136 Å². The van der Waals surface area contributed by atoms with Crippen molar-refractivity contribution in [2.75, 3.05) is 33.8 Å². The second-order valence-corrected chi connectivity index (χ2v) is 6.89. The predicted octanol–water partition coefficient (Wildman–Crippen LogP) is 2.95. The molecule has 3 rings (SSSR count). The van der Waals surface area contributed by atoms with Crippen LogP contribution in [0.3, 0.4) is 0 Å². The van der Waals surface area contributed by atoms with Crippen molar-refractivity contribution in [1.82, 2.24) is 14.8 Å². The molecule has 2 aromatic rings. The van der Waals surface area contributed by atoms with Gasteiger partial charge in [-0.3, -0.25) is 9.80 Å². The van der Waals surface area contributed by atoms with Crippen LogP contribution in [0.2, 0.25) is 0 Å². The second-order valence-electron chi connectivity index (χ2n) is 5.83. The highest BCUT2D eigenvalue weighted by molar-refractivity contribution is 7.09. The van der Waals surface area contributed by atoms with Crippen LogP contribution in [0.4, 0.5) is 0 Å². The molecule has 1 unspecified atom stereocenters. The van der Waals surface area contributed by atoms with Crippen molar-refractivity contribution >= 4 is 11.3 Å². The smallest absolute Gasteiger partial charge is 0.123 e. The highest BCUT2D eigenvalue weighted by atomic mass is 32.1. The SMILES string of the molecule is COc1ccccc1C1CN(Cc2csc(C)n2)CCN1C. The van der Waals surface area contributed by atoms with Crippen LogP contribution in [-0.2, 0) is 6.54 Å². The zero-order chi connectivity index (χ0) is 15.5. The molecule has 0 spiro atoms. The van der Waals surface area contributed by atoms with E-state index in [0.29, 0.717) is 6.04 Å². The van der Waals surface area contributed by atoms with E-state index in [0.717, 1.165) is 36.9 Å². The number of aromatic nitrogens is 1. The Hall–Kier alpha value is -1.43. The summed E-state index contributed by atoms with van der Waals surface area (Å²) in [5.41, 5.74) is 2.46. The fraction of sp³-hybridized carbons (Fsp3) is 0.471. The highest BCUT2D eigenvalue weighted by Gasteiger charge is 2.27. The average molecular weight is 317 g/mol. The van der Waals surface area contributed by atoms with E-state index in [1.165, 1.54) is 11.3 Å². The largest absolute Gasteiger partial charge is 0.496 e. The molecule has 0 bridgehead atoms. The molecule has 1 aromatic carbocycles. The third-order valence-electron chi connectivity index (χ3n) is 4.28. The van der Waals surface area contributed by atoms with E-state index in [-0.39, 0.29) is 0 Å². The molecule has 118 valence electrons. The van der Waals surface area contributed by atoms with Gasteiger partial charge in [0.05, 0.1) is 23.9 Å². The van der Waals surface area contributed by atoms with Crippen LogP contribution in [0.25, 0.3) is 0 Å². The zero-order valence-electron chi connectivity index (χ0n) is 13.5. The lowest BCUT2D eigenvalue weighted by Crippen LogP contribution is -2.46. The molecule has 1 aliphatic heterocycles. The predicted molar refractivity (Wildman–Crippen MR) is 90.5 cm³/mol. The van der Waals surface area contributed by atoms with Gasteiger partial charge in [-0.2, -0.15) is 0 Å². The maximum atomic E-state index is 5.55. The summed E-state index contributed by atoms with van der Waals surface area (Å²) in [5.74, 6) is 0.978. The van der Waals surface area contributed by atoms with Gasteiger partial charge < -0.3 is 4.74 Å². The third-order valence-corrected chi connectivity index (χ3v) is 5.10. The van der Waals surface area contributed by atoms with Gasteiger partial charge in [0.1, 0.15) is 5.75 Å². The van der Waals surface area contributed by atoms with Crippen molar-refractivity contribution in [3.05, 3.63) is 45.9 Å². The average Bonchev–Trinajstić information content (AvgIpc) is 2.94. The first kappa shape index (κ1) is 15.5. The molecule has 2 heterocycles. The molecular weight excluding hydrogens is 294 g/mol. The van der Waals surface area contributed by atoms with Crippen molar-refractivity contribution in [2.45, 2.75) is 19.5 Å². The summed E-state index contributed by atoms with van der Waals surface area (Å²) in [4.78, 5) is 9.50. The van der Waals surface area contributed by atoms with Gasteiger partial charge in [-0.05, 0) is 20.0 Å². The standard InChI is InChI=1S/C17H23N3OS/c1-13-18-14(12-22-13)10-20-9-8-19(2)16(11-20)15-6-4-5-7-17(15)21-3/h4-7,12,16H,8-11H2,1-3H3. The van der Waals surface area contributed by atoms with Crippen LogP contribution < -0.4 is 4.74 Å². The lowest BCUT2D eigenvalue weighted by atomic mass is 10.0. The van der Waals surface area contributed by atoms with E-state index in [4.69, 9.17) is 4.74 Å². The van der Waals surface area contributed by atoms with E-state index in [1.54, 1.807) is 18.4 Å². The number of aryl methyl sites for hydroxylation is 1. The lowest BCUT2D eigenvalue weighted by molar-refractivity contribution is 0.0882. The zero-order valence-corrected chi connectivity index (χ0v) is 14.3. The Morgan fingerprint density at radius 1 is 1.32 bits per heavy atom. The fourth-order valence-electron chi connectivity index (χ4n) is 3.06. The number of nitrogens with zero attached hydrogens (tertiary/aromatic N) is 3. The number of piperazine rings is 1. The number of ether oxygens (including phenoxy) is 1. The van der Waals surface area contributed by atoms with Gasteiger partial charge in [-0.15, -0.1) is 11.3 Å². The molecule has 0 aliphatic carbocycles. The number of thiazole rings is 1. The number of para-hydroxylation sites is 1. The topological polar surface area (TPSA) is 28.6 Å². The van der Waals surface area contributed by atoms with Crippen molar-refractivity contribution in [2.24, 2.45) is 0 Å². The third kappa shape index (κ3) is 3.32. The number of likely N-dealkylation sites (N-methyl/N-ethyl adjacent to an activating group) is 1. The molecular formula is C17H23N3OS. The quantitative estimate of drug-likeness (QED) is 0.867. The van der Waals surface area contributed by atoms with Gasteiger partial charge in [0.2, 0.25) is 0 Å². The first-order valence-corrected chi connectivity index (χ1v) is 8.52. The number of hydrogen-bond acceptors (Lipinski definition) is 5. The molecule has 0 amide bonds. The molecule has 0 radical (unpaired) electrons. The minimum absolute atomic E-state index is 0.365. The summed E-state index contributed by atoms with van der Waals surface area (Å²) in [6, 6.07) is 8.71. The Bertz CT molecular complexity index is 628. The number of methoxy groups -OCH3 is 1. The van der Waals surface area contributed by atoms with Gasteiger partial charge >= 0.3 is 0 Å². The molecule has 5 heteroatoms. The lowest BCUT2D eigenvalue weighted by Gasteiger charge is -2.39. The summed E-state index contributed by atoms with van der Waals surface area (Å²) in [7, 11) is 3.94. The Morgan fingerprint density at radius 3 is 2.86 bits per heavy atom. The molecule has 22 heavy (non-hydrogen) atoms.